The van der Waals surface area contributed by atoms with Crippen molar-refractivity contribution in [2.24, 2.45) is 0 Å². The Bertz CT molecular complexity index is 814. The van der Waals surface area contributed by atoms with E-state index in [1.807, 2.05) is 20.8 Å². The van der Waals surface area contributed by atoms with Gasteiger partial charge in [-0.2, -0.15) is 13.6 Å². The Labute approximate surface area is 144 Å². The van der Waals surface area contributed by atoms with Gasteiger partial charge in [-0.1, -0.05) is 36.4 Å². The van der Waals surface area contributed by atoms with Gasteiger partial charge in [0, 0.05) is 5.39 Å². The predicted molar refractivity (Wildman–Crippen MR) is 103 cm³/mol. The molecule has 0 spiro atoms. The Morgan fingerprint density at radius 2 is 1.21 bits per heavy atom. The maximum Gasteiger partial charge on any atom is 0.449 e. The average Bonchev–Trinajstić information content (AvgIpc) is 2.60. The summed E-state index contributed by atoms with van der Waals surface area (Å²) in [5.41, 5.74) is 0. The highest BCUT2D eigenvalue weighted by Crippen LogP contribution is 2.61. The Morgan fingerprint density at radius 1 is 0.667 bits per heavy atom. The van der Waals surface area contributed by atoms with Crippen LogP contribution in [0.25, 0.3) is 21.5 Å². The Balaban J connectivity index is 2.27. The molecule has 0 unspecified atom stereocenters. The SMILES string of the molecule is CCO[P+](OCC)(OCC)c1cccc2cc3ccccc3cc12. The fourth-order valence-corrected chi connectivity index (χ4v) is 5.44. The van der Waals surface area contributed by atoms with E-state index in [1.54, 1.807) is 0 Å². The summed E-state index contributed by atoms with van der Waals surface area (Å²) >= 11 is 0. The molecule has 3 aromatic carbocycles. The van der Waals surface area contributed by atoms with Gasteiger partial charge in [-0.3, -0.25) is 0 Å². The Morgan fingerprint density at radius 3 is 1.79 bits per heavy atom. The molecule has 0 fully saturated rings. The predicted octanol–water partition coefficient (Wildman–Crippen LogP) is 5.49. The molecule has 3 aromatic rings. The molecule has 0 aromatic heterocycles. The second-order valence-electron chi connectivity index (χ2n) is 5.45. The lowest BCUT2D eigenvalue weighted by Gasteiger charge is -2.21. The van der Waals surface area contributed by atoms with Crippen LogP contribution in [-0.4, -0.2) is 19.8 Å². The fourth-order valence-electron chi connectivity index (χ4n) is 3.02. The molecule has 0 amide bonds. The van der Waals surface area contributed by atoms with Gasteiger partial charge < -0.3 is 0 Å². The first-order valence-electron chi connectivity index (χ1n) is 8.48. The van der Waals surface area contributed by atoms with E-state index in [2.05, 4.69) is 54.6 Å². The molecule has 0 saturated heterocycles. The maximum absolute atomic E-state index is 6.08. The molecule has 3 rings (SSSR count). The second kappa shape index (κ2) is 7.58. The van der Waals surface area contributed by atoms with Crippen molar-refractivity contribution in [3.8, 4) is 0 Å². The summed E-state index contributed by atoms with van der Waals surface area (Å²) in [6.07, 6.45) is 0. The molecule has 0 aliphatic heterocycles. The third kappa shape index (κ3) is 3.18. The van der Waals surface area contributed by atoms with Crippen molar-refractivity contribution >= 4 is 34.8 Å². The lowest BCUT2D eigenvalue weighted by Crippen LogP contribution is -2.20. The van der Waals surface area contributed by atoms with Crippen LogP contribution in [0.15, 0.2) is 54.6 Å². The summed E-state index contributed by atoms with van der Waals surface area (Å²) in [7, 11) is -2.57. The average molecular weight is 343 g/mol. The fraction of sp³-hybridized carbons (Fsp3) is 0.300. The summed E-state index contributed by atoms with van der Waals surface area (Å²) in [6, 6.07) is 19.1. The highest BCUT2D eigenvalue weighted by Gasteiger charge is 2.48. The van der Waals surface area contributed by atoms with E-state index < -0.39 is 7.94 Å². The largest absolute Gasteiger partial charge is 0.449 e. The molecule has 4 heteroatoms. The standard InChI is InChI=1S/C20H24O3P/c1-4-21-24(22-5-2,23-6-3)20-13-9-12-18-14-16-10-7-8-11-17(16)15-19(18)20/h7-15H,4-6H2,1-3H3/q+1. The Kier molecular flexibility index (Phi) is 5.47. The second-order valence-corrected chi connectivity index (χ2v) is 7.70. The van der Waals surface area contributed by atoms with Crippen molar-refractivity contribution in [1.29, 1.82) is 0 Å². The van der Waals surface area contributed by atoms with E-state index in [0.29, 0.717) is 19.8 Å². The van der Waals surface area contributed by atoms with Gasteiger partial charge in [0.2, 0.25) is 0 Å². The van der Waals surface area contributed by atoms with E-state index in [0.717, 1.165) is 10.7 Å². The molecule has 0 radical (unpaired) electrons. The number of benzene rings is 3. The molecule has 3 nitrogen and oxygen atoms in total. The highest BCUT2D eigenvalue weighted by atomic mass is 31.2. The summed E-state index contributed by atoms with van der Waals surface area (Å²) < 4.78 is 18.2. The molecule has 0 atom stereocenters. The molecule has 0 N–H and O–H groups in total. The van der Waals surface area contributed by atoms with Gasteiger partial charge in [-0.15, -0.1) is 0 Å². The van der Waals surface area contributed by atoms with Crippen LogP contribution in [0.2, 0.25) is 0 Å². The van der Waals surface area contributed by atoms with Crippen LogP contribution < -0.4 is 5.30 Å². The zero-order chi connectivity index (χ0) is 17.0. The van der Waals surface area contributed by atoms with Crippen molar-refractivity contribution < 1.29 is 13.6 Å². The number of rotatable bonds is 7. The topological polar surface area (TPSA) is 27.7 Å². The quantitative estimate of drug-likeness (QED) is 0.419. The number of hydrogen-bond acceptors (Lipinski definition) is 3. The van der Waals surface area contributed by atoms with Crippen molar-refractivity contribution in [2.45, 2.75) is 20.8 Å². The van der Waals surface area contributed by atoms with Crippen molar-refractivity contribution in [3.63, 3.8) is 0 Å². The number of fused-ring (bicyclic) bond motifs is 2. The van der Waals surface area contributed by atoms with Gasteiger partial charge in [0.05, 0.1) is 19.8 Å². The molecule has 0 aliphatic carbocycles. The Hall–Kier alpha value is -1.51. The maximum atomic E-state index is 6.08. The lowest BCUT2D eigenvalue weighted by atomic mass is 10.0. The van der Waals surface area contributed by atoms with Gasteiger partial charge in [-0.05, 0) is 55.1 Å². The third-order valence-corrected chi connectivity index (χ3v) is 6.69. The molecule has 0 bridgehead atoms. The first-order valence-corrected chi connectivity index (χ1v) is 10.0. The first kappa shape index (κ1) is 17.3. The van der Waals surface area contributed by atoms with Crippen LogP contribution in [0.4, 0.5) is 0 Å². The first-order chi connectivity index (χ1) is 11.7. The van der Waals surface area contributed by atoms with Gasteiger partial charge >= 0.3 is 7.94 Å². The van der Waals surface area contributed by atoms with Crippen LogP contribution >= 0.6 is 7.94 Å². The summed E-state index contributed by atoms with van der Waals surface area (Å²) in [5, 5.41) is 5.78. The van der Waals surface area contributed by atoms with Gasteiger partial charge in [0.15, 0.2) is 5.30 Å². The van der Waals surface area contributed by atoms with Gasteiger partial charge in [-0.25, -0.2) is 0 Å². The lowest BCUT2D eigenvalue weighted by molar-refractivity contribution is 0.161. The smallest absolute Gasteiger partial charge is 0.174 e. The van der Waals surface area contributed by atoms with Crippen molar-refractivity contribution in [1.82, 2.24) is 0 Å². The van der Waals surface area contributed by atoms with Gasteiger partial charge in [0.1, 0.15) is 0 Å². The van der Waals surface area contributed by atoms with Gasteiger partial charge in [0.25, 0.3) is 0 Å². The number of hydrogen-bond donors (Lipinski definition) is 0. The molecule has 126 valence electrons. The molecule has 0 saturated carbocycles. The minimum atomic E-state index is -2.57. The highest BCUT2D eigenvalue weighted by molar-refractivity contribution is 7.70. The minimum absolute atomic E-state index is 0.553. The summed E-state index contributed by atoms with van der Waals surface area (Å²) in [4.78, 5) is 0. The van der Waals surface area contributed by atoms with E-state index in [9.17, 15) is 0 Å². The zero-order valence-corrected chi connectivity index (χ0v) is 15.4. The minimum Gasteiger partial charge on any atom is -0.174 e. The van der Waals surface area contributed by atoms with E-state index >= 15 is 0 Å². The van der Waals surface area contributed by atoms with Crippen molar-refractivity contribution in [2.75, 3.05) is 19.8 Å². The van der Waals surface area contributed by atoms with E-state index in [-0.39, 0.29) is 0 Å². The monoisotopic (exact) mass is 343 g/mol. The summed E-state index contributed by atoms with van der Waals surface area (Å²) in [6.45, 7) is 7.60. The molecule has 0 aliphatic rings. The van der Waals surface area contributed by atoms with Crippen LogP contribution in [-0.2, 0) is 13.6 Å². The molecule has 24 heavy (non-hydrogen) atoms. The van der Waals surface area contributed by atoms with Crippen LogP contribution in [0.1, 0.15) is 20.8 Å². The summed E-state index contributed by atoms with van der Waals surface area (Å²) in [5.74, 6) is 0. The van der Waals surface area contributed by atoms with E-state index in [4.69, 9.17) is 13.6 Å². The van der Waals surface area contributed by atoms with Crippen molar-refractivity contribution in [3.05, 3.63) is 54.6 Å². The molecular formula is C20H24O3P+. The third-order valence-electron chi connectivity index (χ3n) is 3.92. The molecule has 0 heterocycles. The molecular weight excluding hydrogens is 319 g/mol. The van der Waals surface area contributed by atoms with Crippen LogP contribution in [0, 0.1) is 0 Å². The van der Waals surface area contributed by atoms with E-state index in [1.165, 1.54) is 16.2 Å². The van der Waals surface area contributed by atoms with Crippen LogP contribution in [0.5, 0.6) is 0 Å². The zero-order valence-electron chi connectivity index (χ0n) is 14.5. The van der Waals surface area contributed by atoms with Crippen LogP contribution in [0.3, 0.4) is 0 Å². The normalized spacial score (nSPS) is 12.1.